The summed E-state index contributed by atoms with van der Waals surface area (Å²) in [6, 6.07) is 0. The molecule has 0 N–H and O–H groups in total. The van der Waals surface area contributed by atoms with Gasteiger partial charge in [-0.3, -0.25) is 4.18 Å². The van der Waals surface area contributed by atoms with Gasteiger partial charge in [-0.25, -0.2) is 0 Å². The lowest BCUT2D eigenvalue weighted by Gasteiger charge is -2.39. The van der Waals surface area contributed by atoms with Gasteiger partial charge in [-0.2, -0.15) is 21.6 Å². The molecule has 0 saturated carbocycles. The van der Waals surface area contributed by atoms with E-state index in [0.717, 1.165) is 0 Å². The van der Waals surface area contributed by atoms with E-state index < -0.39 is 33.9 Å². The van der Waals surface area contributed by atoms with Crippen LogP contribution in [0.4, 0.5) is 13.2 Å². The Morgan fingerprint density at radius 2 is 1.94 bits per heavy atom. The SMILES string of the molecule is O=S(=O)(OC1CCOC2COCOC21)C(F)(F)F. The minimum absolute atomic E-state index is 0.0104. The molecule has 2 heterocycles. The highest BCUT2D eigenvalue weighted by Gasteiger charge is 2.51. The molecule has 0 amide bonds. The van der Waals surface area contributed by atoms with Gasteiger partial charge in [0, 0.05) is 13.0 Å². The summed E-state index contributed by atoms with van der Waals surface area (Å²) in [5, 5.41) is 0. The Hall–Kier alpha value is -0.420. The first-order chi connectivity index (χ1) is 8.31. The van der Waals surface area contributed by atoms with Gasteiger partial charge in [0.15, 0.2) is 0 Å². The number of hydrogen-bond donors (Lipinski definition) is 0. The molecule has 18 heavy (non-hydrogen) atoms. The molecular weight excluding hydrogens is 281 g/mol. The smallest absolute Gasteiger partial charge is 0.373 e. The molecule has 10 heteroatoms. The molecular formula is C8H11F3O6S. The van der Waals surface area contributed by atoms with Crippen molar-refractivity contribution in [1.29, 1.82) is 0 Å². The van der Waals surface area contributed by atoms with Crippen molar-refractivity contribution in [3.63, 3.8) is 0 Å². The van der Waals surface area contributed by atoms with Crippen LogP contribution in [-0.2, 0) is 28.5 Å². The summed E-state index contributed by atoms with van der Waals surface area (Å²) in [7, 11) is -5.62. The molecule has 0 aliphatic carbocycles. The lowest BCUT2D eigenvalue weighted by molar-refractivity contribution is -0.248. The fourth-order valence-corrected chi connectivity index (χ4v) is 2.44. The van der Waals surface area contributed by atoms with Crippen LogP contribution >= 0.6 is 0 Å². The van der Waals surface area contributed by atoms with Crippen LogP contribution in [0.5, 0.6) is 0 Å². The van der Waals surface area contributed by atoms with Gasteiger partial charge in [0.05, 0.1) is 6.61 Å². The maximum absolute atomic E-state index is 12.2. The van der Waals surface area contributed by atoms with Gasteiger partial charge in [0.25, 0.3) is 0 Å². The van der Waals surface area contributed by atoms with Crippen molar-refractivity contribution >= 4 is 10.1 Å². The summed E-state index contributed by atoms with van der Waals surface area (Å²) in [5.41, 5.74) is -5.44. The molecule has 2 aliphatic heterocycles. The molecule has 2 rings (SSSR count). The number of rotatable bonds is 2. The Bertz CT molecular complexity index is 392. The van der Waals surface area contributed by atoms with Crippen molar-refractivity contribution in [2.24, 2.45) is 0 Å². The summed E-state index contributed by atoms with van der Waals surface area (Å²) >= 11 is 0. The predicted molar refractivity (Wildman–Crippen MR) is 49.9 cm³/mol. The lowest BCUT2D eigenvalue weighted by Crippen LogP contribution is -2.53. The molecule has 2 fully saturated rings. The summed E-state index contributed by atoms with van der Waals surface area (Å²) in [5.74, 6) is 0. The third-order valence-electron chi connectivity index (χ3n) is 2.63. The van der Waals surface area contributed by atoms with Gasteiger partial charge >= 0.3 is 15.6 Å². The Balaban J connectivity index is 2.08. The zero-order valence-electron chi connectivity index (χ0n) is 9.05. The van der Waals surface area contributed by atoms with Gasteiger partial charge in [-0.1, -0.05) is 0 Å². The topological polar surface area (TPSA) is 71.1 Å². The zero-order valence-corrected chi connectivity index (χ0v) is 9.87. The van der Waals surface area contributed by atoms with E-state index in [2.05, 4.69) is 4.18 Å². The van der Waals surface area contributed by atoms with Gasteiger partial charge in [0.2, 0.25) is 0 Å². The van der Waals surface area contributed by atoms with Gasteiger partial charge in [-0.15, -0.1) is 0 Å². The molecule has 2 aliphatic rings. The van der Waals surface area contributed by atoms with Crippen molar-refractivity contribution in [3.8, 4) is 0 Å². The molecule has 0 bridgehead atoms. The van der Waals surface area contributed by atoms with Crippen LogP contribution < -0.4 is 0 Å². The number of fused-ring (bicyclic) bond motifs is 1. The lowest BCUT2D eigenvalue weighted by atomic mass is 10.0. The second-order valence-electron chi connectivity index (χ2n) is 3.85. The van der Waals surface area contributed by atoms with Crippen molar-refractivity contribution in [2.75, 3.05) is 20.0 Å². The van der Waals surface area contributed by atoms with Crippen LogP contribution in [0.15, 0.2) is 0 Å². The third kappa shape index (κ3) is 2.77. The monoisotopic (exact) mass is 292 g/mol. The zero-order chi connectivity index (χ0) is 13.4. The summed E-state index contributed by atoms with van der Waals surface area (Å²) < 4.78 is 77.8. The van der Waals surface area contributed by atoms with Crippen LogP contribution in [0.3, 0.4) is 0 Å². The van der Waals surface area contributed by atoms with E-state index in [4.69, 9.17) is 14.2 Å². The third-order valence-corrected chi connectivity index (χ3v) is 3.69. The molecule has 0 aromatic rings. The van der Waals surface area contributed by atoms with Gasteiger partial charge in [0.1, 0.15) is 25.1 Å². The van der Waals surface area contributed by atoms with Gasteiger partial charge in [-0.05, 0) is 0 Å². The highest BCUT2D eigenvalue weighted by molar-refractivity contribution is 7.87. The summed E-state index contributed by atoms with van der Waals surface area (Å²) in [6.07, 6.45) is -2.68. The van der Waals surface area contributed by atoms with Crippen molar-refractivity contribution in [1.82, 2.24) is 0 Å². The number of hydrogen-bond acceptors (Lipinski definition) is 6. The Morgan fingerprint density at radius 3 is 2.61 bits per heavy atom. The van der Waals surface area contributed by atoms with E-state index in [1.54, 1.807) is 0 Å². The maximum atomic E-state index is 12.2. The van der Waals surface area contributed by atoms with Crippen LogP contribution in [0.25, 0.3) is 0 Å². The van der Waals surface area contributed by atoms with Crippen LogP contribution in [0.2, 0.25) is 0 Å². The highest BCUT2D eigenvalue weighted by atomic mass is 32.2. The van der Waals surface area contributed by atoms with Gasteiger partial charge < -0.3 is 14.2 Å². The first-order valence-corrected chi connectivity index (χ1v) is 6.52. The normalized spacial score (nSPS) is 34.1. The van der Waals surface area contributed by atoms with E-state index >= 15 is 0 Å². The van der Waals surface area contributed by atoms with Crippen LogP contribution in [0.1, 0.15) is 6.42 Å². The Kier molecular flexibility index (Phi) is 3.83. The summed E-state index contributed by atoms with van der Waals surface area (Å²) in [4.78, 5) is 0. The first-order valence-electron chi connectivity index (χ1n) is 5.12. The minimum atomic E-state index is -5.62. The average Bonchev–Trinajstić information content (AvgIpc) is 2.27. The molecule has 0 aromatic heterocycles. The van der Waals surface area contributed by atoms with E-state index in [1.165, 1.54) is 0 Å². The molecule has 106 valence electrons. The molecule has 2 saturated heterocycles. The van der Waals surface area contributed by atoms with Crippen molar-refractivity contribution in [2.45, 2.75) is 30.2 Å². The second-order valence-corrected chi connectivity index (χ2v) is 5.42. The average molecular weight is 292 g/mol. The number of alkyl halides is 3. The molecule has 3 atom stereocenters. The second kappa shape index (κ2) is 4.93. The Morgan fingerprint density at radius 1 is 1.22 bits per heavy atom. The molecule has 0 aromatic carbocycles. The highest BCUT2D eigenvalue weighted by Crippen LogP contribution is 2.31. The quantitative estimate of drug-likeness (QED) is 0.541. The molecule has 0 radical (unpaired) electrons. The standard InChI is InChI=1S/C8H11F3O6S/c9-8(10,11)18(12,13)17-5-1-2-15-6-3-14-4-16-7(5)6/h5-7H,1-4H2. The Labute approximate surface area is 101 Å². The van der Waals surface area contributed by atoms with Crippen LogP contribution in [0, 0.1) is 0 Å². The fraction of sp³-hybridized carbons (Fsp3) is 1.00. The van der Waals surface area contributed by atoms with E-state index in [9.17, 15) is 21.6 Å². The maximum Gasteiger partial charge on any atom is 0.523 e. The van der Waals surface area contributed by atoms with Crippen molar-refractivity contribution in [3.05, 3.63) is 0 Å². The minimum Gasteiger partial charge on any atom is -0.373 e. The first kappa shape index (κ1) is 14.0. The fourth-order valence-electron chi connectivity index (χ4n) is 1.80. The van der Waals surface area contributed by atoms with E-state index in [-0.39, 0.29) is 26.4 Å². The van der Waals surface area contributed by atoms with Crippen molar-refractivity contribution < 1.29 is 40.0 Å². The number of ether oxygens (including phenoxy) is 3. The predicted octanol–water partition coefficient (Wildman–Crippen LogP) is 0.383. The van der Waals surface area contributed by atoms with Crippen LogP contribution in [-0.4, -0.2) is 52.2 Å². The number of halogens is 3. The molecule has 6 nitrogen and oxygen atoms in total. The van der Waals surface area contributed by atoms with E-state index in [0.29, 0.717) is 0 Å². The molecule has 3 unspecified atom stereocenters. The molecule has 0 spiro atoms. The summed E-state index contributed by atoms with van der Waals surface area (Å²) in [6.45, 7) is 0.0962. The largest absolute Gasteiger partial charge is 0.523 e. The van der Waals surface area contributed by atoms with E-state index in [1.807, 2.05) is 0 Å².